The van der Waals surface area contributed by atoms with Crippen LogP contribution in [0.2, 0.25) is 0 Å². The lowest BCUT2D eigenvalue weighted by molar-refractivity contribution is -0.274. The largest absolute Gasteiger partial charge is 0.573 e. The first kappa shape index (κ1) is 26.0. The van der Waals surface area contributed by atoms with E-state index >= 15 is 0 Å². The molecule has 2 aromatic carbocycles. The van der Waals surface area contributed by atoms with Crippen LogP contribution in [0.5, 0.6) is 23.1 Å². The van der Waals surface area contributed by atoms with Crippen LogP contribution in [0.1, 0.15) is 0 Å². The number of hydrogen-bond acceptors (Lipinski definition) is 9. The van der Waals surface area contributed by atoms with Crippen LogP contribution >= 0.6 is 0 Å². The second kappa shape index (κ2) is 10.5. The van der Waals surface area contributed by atoms with Crippen molar-refractivity contribution in [3.8, 4) is 34.5 Å². The minimum absolute atomic E-state index is 0.0903. The highest BCUT2D eigenvalue weighted by molar-refractivity contribution is 7.89. The van der Waals surface area contributed by atoms with Gasteiger partial charge in [0.25, 0.3) is 0 Å². The molecular weight excluding hydrogens is 519 g/mol. The summed E-state index contributed by atoms with van der Waals surface area (Å²) in [5.41, 5.74) is 1.02. The average Bonchev–Trinajstić information content (AvgIpc) is 3.28. The summed E-state index contributed by atoms with van der Waals surface area (Å²) < 4.78 is 85.4. The molecule has 2 heterocycles. The van der Waals surface area contributed by atoms with Crippen LogP contribution in [0.15, 0.2) is 59.5 Å². The molecule has 4 rings (SSSR count). The molecule has 0 aliphatic carbocycles. The van der Waals surface area contributed by atoms with E-state index in [0.717, 1.165) is 24.3 Å². The van der Waals surface area contributed by atoms with E-state index in [0.29, 0.717) is 28.5 Å². The molecule has 196 valence electrons. The van der Waals surface area contributed by atoms with Crippen molar-refractivity contribution in [2.24, 2.45) is 0 Å². The third kappa shape index (κ3) is 6.18. The molecule has 4 aromatic rings. The van der Waals surface area contributed by atoms with Crippen molar-refractivity contribution >= 4 is 15.7 Å². The number of ether oxygens (including phenoxy) is 4. The predicted molar refractivity (Wildman–Crippen MR) is 123 cm³/mol. The van der Waals surface area contributed by atoms with E-state index in [1.54, 1.807) is 30.3 Å². The Labute approximate surface area is 208 Å². The van der Waals surface area contributed by atoms with E-state index in [-0.39, 0.29) is 23.9 Å². The van der Waals surface area contributed by atoms with Gasteiger partial charge in [-0.25, -0.2) is 13.1 Å². The molecule has 0 atom stereocenters. The molecule has 0 spiro atoms. The highest BCUT2D eigenvalue weighted by Crippen LogP contribution is 2.32. The van der Waals surface area contributed by atoms with Gasteiger partial charge in [-0.05, 0) is 48.5 Å². The maximum absolute atomic E-state index is 12.4. The summed E-state index contributed by atoms with van der Waals surface area (Å²) in [6.07, 6.45) is -4.87. The molecule has 0 saturated carbocycles. The molecule has 11 nitrogen and oxygen atoms in total. The molecule has 37 heavy (non-hydrogen) atoms. The Morgan fingerprint density at radius 3 is 2.35 bits per heavy atom. The topological polar surface area (TPSA) is 126 Å². The number of fused-ring (bicyclic) bond motifs is 1. The summed E-state index contributed by atoms with van der Waals surface area (Å²) in [7, 11) is -0.949. The lowest BCUT2D eigenvalue weighted by Crippen LogP contribution is -2.28. The van der Waals surface area contributed by atoms with Gasteiger partial charge in [0, 0.05) is 12.6 Å². The van der Waals surface area contributed by atoms with Crippen molar-refractivity contribution < 1.29 is 40.5 Å². The van der Waals surface area contributed by atoms with Crippen LogP contribution in [-0.2, 0) is 10.0 Å². The molecule has 0 radical (unpaired) electrons. The van der Waals surface area contributed by atoms with Gasteiger partial charge < -0.3 is 18.9 Å². The third-order valence-electron chi connectivity index (χ3n) is 4.90. The number of benzene rings is 2. The fraction of sp³-hybridized carbons (Fsp3) is 0.227. The zero-order chi connectivity index (χ0) is 26.6. The van der Waals surface area contributed by atoms with E-state index in [4.69, 9.17) is 14.2 Å². The summed E-state index contributed by atoms with van der Waals surface area (Å²) in [6, 6.07) is 12.2. The monoisotopic (exact) mass is 539 g/mol. The zero-order valence-electron chi connectivity index (χ0n) is 19.4. The maximum Gasteiger partial charge on any atom is 0.573 e. The van der Waals surface area contributed by atoms with Crippen LogP contribution in [0, 0.1) is 0 Å². The highest BCUT2D eigenvalue weighted by atomic mass is 32.2. The zero-order valence-corrected chi connectivity index (χ0v) is 20.2. The van der Waals surface area contributed by atoms with Gasteiger partial charge in [0.2, 0.25) is 15.9 Å². The summed E-state index contributed by atoms with van der Waals surface area (Å²) in [5, 5.41) is 12.6. The van der Waals surface area contributed by atoms with Crippen LogP contribution < -0.4 is 23.7 Å². The summed E-state index contributed by atoms with van der Waals surface area (Å²) in [6.45, 7) is -0.228. The number of nitrogens with one attached hydrogen (secondary N) is 1. The number of nitrogens with zero attached hydrogens (tertiary/aromatic N) is 4. The van der Waals surface area contributed by atoms with Gasteiger partial charge in [0.15, 0.2) is 11.5 Å². The normalized spacial score (nSPS) is 11.9. The summed E-state index contributed by atoms with van der Waals surface area (Å²) in [5.74, 6) is 1.11. The molecule has 2 aromatic heterocycles. The summed E-state index contributed by atoms with van der Waals surface area (Å²) >= 11 is 0. The van der Waals surface area contributed by atoms with Gasteiger partial charge in [-0.15, -0.1) is 28.5 Å². The highest BCUT2D eigenvalue weighted by Gasteiger charge is 2.31. The van der Waals surface area contributed by atoms with Gasteiger partial charge in [-0.3, -0.25) is 0 Å². The Hall–Kier alpha value is -4.11. The first-order valence-electron chi connectivity index (χ1n) is 10.5. The second-order valence-corrected chi connectivity index (χ2v) is 9.06. The van der Waals surface area contributed by atoms with E-state index in [9.17, 15) is 21.6 Å². The number of alkyl halides is 3. The maximum atomic E-state index is 12.4. The van der Waals surface area contributed by atoms with E-state index in [2.05, 4.69) is 24.8 Å². The Morgan fingerprint density at radius 2 is 1.68 bits per heavy atom. The van der Waals surface area contributed by atoms with Crippen molar-refractivity contribution in [1.29, 1.82) is 0 Å². The van der Waals surface area contributed by atoms with E-state index in [1.165, 1.54) is 18.7 Å². The molecule has 0 aliphatic heterocycles. The Balaban J connectivity index is 1.42. The Morgan fingerprint density at radius 1 is 0.946 bits per heavy atom. The number of sulfonamides is 1. The molecule has 0 bridgehead atoms. The number of aromatic nitrogens is 4. The van der Waals surface area contributed by atoms with Crippen LogP contribution in [-0.4, -0.2) is 62.0 Å². The average molecular weight is 539 g/mol. The van der Waals surface area contributed by atoms with Crippen LogP contribution in [0.25, 0.3) is 17.0 Å². The molecule has 1 N–H and O–H groups in total. The molecule has 0 fully saturated rings. The van der Waals surface area contributed by atoms with Crippen molar-refractivity contribution in [3.63, 3.8) is 0 Å². The summed E-state index contributed by atoms with van der Waals surface area (Å²) in [4.78, 5) is -0.233. The molecule has 0 aliphatic rings. The van der Waals surface area contributed by atoms with Crippen LogP contribution in [0.4, 0.5) is 13.2 Å². The van der Waals surface area contributed by atoms with Crippen molar-refractivity contribution in [2.45, 2.75) is 11.3 Å². The van der Waals surface area contributed by atoms with E-state index < -0.39 is 22.1 Å². The molecule has 0 unspecified atom stereocenters. The fourth-order valence-corrected chi connectivity index (χ4v) is 4.25. The second-order valence-electron chi connectivity index (χ2n) is 7.30. The minimum atomic E-state index is -4.87. The standard InChI is InChI=1S/C22H20F3N5O6S/c1-33-15-5-8-18(34-2)17(13-15)21-28-27-19-9-10-20(29-30(19)21)35-12-11-26-37(31,32)16-6-3-14(4-7-16)36-22(23,24)25/h3-10,13,26H,11-12H2,1-2H3. The lowest BCUT2D eigenvalue weighted by atomic mass is 10.2. The minimum Gasteiger partial charge on any atom is -0.497 e. The Bertz CT molecular complexity index is 1490. The van der Waals surface area contributed by atoms with Crippen molar-refractivity contribution in [3.05, 3.63) is 54.6 Å². The first-order chi connectivity index (χ1) is 17.6. The van der Waals surface area contributed by atoms with Gasteiger partial charge in [-0.1, -0.05) is 0 Å². The van der Waals surface area contributed by atoms with Gasteiger partial charge in [0.05, 0.1) is 24.7 Å². The van der Waals surface area contributed by atoms with Gasteiger partial charge in [0.1, 0.15) is 23.9 Å². The van der Waals surface area contributed by atoms with Crippen LogP contribution in [0.3, 0.4) is 0 Å². The number of halogens is 3. The Kier molecular flexibility index (Phi) is 7.35. The van der Waals surface area contributed by atoms with Crippen molar-refractivity contribution in [2.75, 3.05) is 27.4 Å². The predicted octanol–water partition coefficient (Wildman–Crippen LogP) is 3.06. The first-order valence-corrected chi connectivity index (χ1v) is 12.0. The van der Waals surface area contributed by atoms with Crippen molar-refractivity contribution in [1.82, 2.24) is 24.5 Å². The molecule has 15 heteroatoms. The molecular formula is C22H20F3N5O6S. The third-order valence-corrected chi connectivity index (χ3v) is 6.37. The number of rotatable bonds is 10. The SMILES string of the molecule is COc1ccc(OC)c(-c2nnc3ccc(OCCNS(=O)(=O)c4ccc(OC(F)(F)F)cc4)nn23)c1. The quantitative estimate of drug-likeness (QED) is 0.303. The lowest BCUT2D eigenvalue weighted by Gasteiger charge is -2.11. The smallest absolute Gasteiger partial charge is 0.497 e. The van der Waals surface area contributed by atoms with Gasteiger partial charge >= 0.3 is 6.36 Å². The fourth-order valence-electron chi connectivity index (χ4n) is 3.24. The number of hydrogen-bond donors (Lipinski definition) is 1. The number of methoxy groups -OCH3 is 2. The molecule has 0 saturated heterocycles. The molecule has 0 amide bonds. The van der Waals surface area contributed by atoms with E-state index in [1.807, 2.05) is 0 Å². The van der Waals surface area contributed by atoms with Gasteiger partial charge in [-0.2, -0.15) is 4.52 Å².